The van der Waals surface area contributed by atoms with Crippen molar-refractivity contribution < 1.29 is 0 Å². The molecule has 0 atom stereocenters. The highest BCUT2D eigenvalue weighted by molar-refractivity contribution is 6.00. The van der Waals surface area contributed by atoms with Gasteiger partial charge in [-0.25, -0.2) is 0 Å². The Kier molecular flexibility index (Phi) is 9.02. The molecule has 2 nitrogen and oxygen atoms in total. The second kappa shape index (κ2) is 15.2. The first kappa shape index (κ1) is 35.5. The Hall–Kier alpha value is -7.68. The van der Waals surface area contributed by atoms with Gasteiger partial charge in [-0.05, 0) is 129 Å². The van der Waals surface area contributed by atoms with Crippen LogP contribution in [0.4, 0.5) is 34.1 Å². The van der Waals surface area contributed by atoms with Gasteiger partial charge in [-0.3, -0.25) is 0 Å². The van der Waals surface area contributed by atoms with Crippen LogP contribution in [0.5, 0.6) is 0 Å². The van der Waals surface area contributed by atoms with Crippen LogP contribution >= 0.6 is 0 Å². The lowest BCUT2D eigenvalue weighted by Gasteiger charge is -2.29. The van der Waals surface area contributed by atoms with Crippen LogP contribution in [0.15, 0.2) is 231 Å². The fourth-order valence-electron chi connectivity index (χ4n) is 9.36. The van der Waals surface area contributed by atoms with Crippen molar-refractivity contribution in [1.82, 2.24) is 0 Å². The van der Waals surface area contributed by atoms with E-state index in [1.54, 1.807) is 0 Å². The highest BCUT2D eigenvalue weighted by Crippen LogP contribution is 2.45. The van der Waals surface area contributed by atoms with E-state index in [4.69, 9.17) is 0 Å². The molecule has 1 aliphatic rings. The molecular formula is C58H42N2. The molecule has 0 saturated heterocycles. The third-order valence-corrected chi connectivity index (χ3v) is 12.1. The summed E-state index contributed by atoms with van der Waals surface area (Å²) in [6, 6.07) is 84.5. The lowest BCUT2D eigenvalue weighted by atomic mass is 9.83. The third-order valence-electron chi connectivity index (χ3n) is 12.1. The molecule has 284 valence electrons. The summed E-state index contributed by atoms with van der Waals surface area (Å²) < 4.78 is 0. The van der Waals surface area contributed by atoms with Gasteiger partial charge in [0.2, 0.25) is 0 Å². The van der Waals surface area contributed by atoms with Crippen LogP contribution < -0.4 is 9.80 Å². The van der Waals surface area contributed by atoms with E-state index in [9.17, 15) is 0 Å². The predicted molar refractivity (Wildman–Crippen MR) is 254 cm³/mol. The molecular weight excluding hydrogens is 725 g/mol. The summed E-state index contributed by atoms with van der Waals surface area (Å²) in [7, 11) is 0. The summed E-state index contributed by atoms with van der Waals surface area (Å²) in [5.74, 6) is 0. The molecule has 1 aliphatic carbocycles. The van der Waals surface area contributed by atoms with Gasteiger partial charge in [-0.15, -0.1) is 0 Å². The first-order chi connectivity index (χ1) is 29.8. The maximum Gasteiger partial charge on any atom is 0.0540 e. The highest BCUT2D eigenvalue weighted by Gasteiger charge is 2.23. The second-order valence-electron chi connectivity index (χ2n) is 15.7. The first-order valence-corrected chi connectivity index (χ1v) is 20.9. The van der Waals surface area contributed by atoms with Crippen LogP contribution in [0, 0.1) is 0 Å². The van der Waals surface area contributed by atoms with E-state index in [0.717, 1.165) is 47.0 Å². The van der Waals surface area contributed by atoms with Crippen molar-refractivity contribution in [1.29, 1.82) is 0 Å². The SMILES string of the molecule is c1ccc(N(c2ccc3c(c2)Cc2ccccc2-c2ccccc2Cc2cc(N(c4ccccc4)c4cccc5ccccc45)ccc2-3)c2cccc3ccccc23)cc1. The van der Waals surface area contributed by atoms with E-state index < -0.39 is 0 Å². The highest BCUT2D eigenvalue weighted by atomic mass is 15.1. The van der Waals surface area contributed by atoms with Crippen molar-refractivity contribution in [2.24, 2.45) is 0 Å². The van der Waals surface area contributed by atoms with Gasteiger partial charge < -0.3 is 9.80 Å². The minimum absolute atomic E-state index is 0.791. The molecule has 0 bridgehead atoms. The zero-order valence-electron chi connectivity index (χ0n) is 33.2. The fraction of sp³-hybridized carbons (Fsp3) is 0.0345. The standard InChI is InChI=1S/C58H42N2/c1-3-23-47(24-4-1)59(57-31-15-21-41-17-7-13-29-55(41)57)49-33-35-53-45(39-49)37-43-19-9-11-27-51(43)52-28-12-10-20-44(52)38-46-40-50(34-36-54(46)53)60(48-25-5-2-6-26-48)58-32-16-22-42-18-8-14-30-56(42)58/h1-36,39-40H,37-38H2. The molecule has 60 heavy (non-hydrogen) atoms. The Bertz CT molecular complexity index is 2940. The largest absolute Gasteiger partial charge is 0.310 e. The molecule has 0 spiro atoms. The molecule has 0 aromatic heterocycles. The van der Waals surface area contributed by atoms with Gasteiger partial charge in [0.15, 0.2) is 0 Å². The molecule has 0 heterocycles. The lowest BCUT2D eigenvalue weighted by Crippen LogP contribution is -2.12. The number of nitrogens with zero attached hydrogens (tertiary/aromatic N) is 2. The second-order valence-corrected chi connectivity index (χ2v) is 15.7. The molecule has 10 aromatic carbocycles. The van der Waals surface area contributed by atoms with E-state index in [1.165, 1.54) is 66.1 Å². The number of anilines is 6. The Labute approximate surface area is 351 Å². The average Bonchev–Trinajstić information content (AvgIpc) is 3.31. The minimum Gasteiger partial charge on any atom is -0.310 e. The number of hydrogen-bond donors (Lipinski definition) is 0. The molecule has 11 rings (SSSR count). The number of fused-ring (bicyclic) bond motifs is 8. The van der Waals surface area contributed by atoms with Gasteiger partial charge in [0.1, 0.15) is 0 Å². The zero-order chi connectivity index (χ0) is 39.8. The van der Waals surface area contributed by atoms with Crippen molar-refractivity contribution >= 4 is 55.7 Å². The zero-order valence-corrected chi connectivity index (χ0v) is 33.2. The maximum atomic E-state index is 2.44. The van der Waals surface area contributed by atoms with Crippen LogP contribution in [-0.2, 0) is 12.8 Å². The topological polar surface area (TPSA) is 6.48 Å². The smallest absolute Gasteiger partial charge is 0.0540 e. The predicted octanol–water partition coefficient (Wildman–Crippen LogP) is 15.8. The monoisotopic (exact) mass is 766 g/mol. The van der Waals surface area contributed by atoms with Crippen LogP contribution in [0.2, 0.25) is 0 Å². The van der Waals surface area contributed by atoms with Gasteiger partial charge in [0, 0.05) is 33.5 Å². The minimum atomic E-state index is 0.791. The van der Waals surface area contributed by atoms with Crippen LogP contribution in [0.3, 0.4) is 0 Å². The van der Waals surface area contributed by atoms with Gasteiger partial charge >= 0.3 is 0 Å². The van der Waals surface area contributed by atoms with Crippen molar-refractivity contribution in [3.8, 4) is 22.3 Å². The summed E-state index contributed by atoms with van der Waals surface area (Å²) in [5, 5.41) is 4.89. The van der Waals surface area contributed by atoms with Gasteiger partial charge in [-0.2, -0.15) is 0 Å². The van der Waals surface area contributed by atoms with Gasteiger partial charge in [0.25, 0.3) is 0 Å². The summed E-state index contributed by atoms with van der Waals surface area (Å²) in [6.07, 6.45) is 1.58. The molecule has 0 fully saturated rings. The van der Waals surface area contributed by atoms with Gasteiger partial charge in [0.05, 0.1) is 11.4 Å². The Morgan fingerprint density at radius 2 is 0.617 bits per heavy atom. The van der Waals surface area contributed by atoms with Crippen molar-refractivity contribution in [2.45, 2.75) is 12.8 Å². The molecule has 0 unspecified atom stereocenters. The molecule has 0 saturated carbocycles. The summed E-state index contributed by atoms with van der Waals surface area (Å²) in [4.78, 5) is 4.85. The van der Waals surface area contributed by atoms with E-state index >= 15 is 0 Å². The fourth-order valence-corrected chi connectivity index (χ4v) is 9.36. The molecule has 0 amide bonds. The average molecular weight is 767 g/mol. The Balaban J connectivity index is 1.14. The van der Waals surface area contributed by atoms with Crippen LogP contribution in [0.25, 0.3) is 43.8 Å². The summed E-state index contributed by atoms with van der Waals surface area (Å²) in [5.41, 5.74) is 17.2. The van der Waals surface area contributed by atoms with E-state index in [-0.39, 0.29) is 0 Å². The van der Waals surface area contributed by atoms with Crippen LogP contribution in [-0.4, -0.2) is 0 Å². The lowest BCUT2D eigenvalue weighted by molar-refractivity contribution is 1.14. The van der Waals surface area contributed by atoms with Crippen molar-refractivity contribution in [2.75, 3.05) is 9.80 Å². The van der Waals surface area contributed by atoms with Crippen molar-refractivity contribution in [3.05, 3.63) is 253 Å². The Morgan fingerprint density at radius 1 is 0.250 bits per heavy atom. The molecule has 0 aliphatic heterocycles. The number of rotatable bonds is 6. The number of para-hydroxylation sites is 2. The van der Waals surface area contributed by atoms with Crippen molar-refractivity contribution in [3.63, 3.8) is 0 Å². The molecule has 0 radical (unpaired) electrons. The molecule has 2 heteroatoms. The normalized spacial score (nSPS) is 11.9. The number of hydrogen-bond acceptors (Lipinski definition) is 2. The third kappa shape index (κ3) is 6.40. The number of benzene rings is 10. The molecule has 10 aromatic rings. The summed E-state index contributed by atoms with van der Waals surface area (Å²) in [6.45, 7) is 0. The van der Waals surface area contributed by atoms with Gasteiger partial charge in [-0.1, -0.05) is 170 Å². The summed E-state index contributed by atoms with van der Waals surface area (Å²) >= 11 is 0. The maximum absolute atomic E-state index is 2.44. The van der Waals surface area contributed by atoms with Crippen LogP contribution in [0.1, 0.15) is 22.3 Å². The van der Waals surface area contributed by atoms with E-state index in [0.29, 0.717) is 0 Å². The Morgan fingerprint density at radius 3 is 1.08 bits per heavy atom. The van der Waals surface area contributed by atoms with E-state index in [1.807, 2.05) is 0 Å². The quantitative estimate of drug-likeness (QED) is 0.166. The molecule has 0 N–H and O–H groups in total. The van der Waals surface area contributed by atoms with E-state index in [2.05, 4.69) is 240 Å². The first-order valence-electron chi connectivity index (χ1n) is 20.9.